The number of pyridine rings is 1. The van der Waals surface area contributed by atoms with E-state index in [9.17, 15) is 0 Å². The van der Waals surface area contributed by atoms with E-state index >= 15 is 0 Å². The standard InChI is InChI=1S/C16H25BN2O2/c1-12(18-6)14-13(8-7-11-19-14)9-10-17-20-15(2,3)16(4,5)21-17/h7-12,18H,1-6H3/b10-9+/t12-/m0/s1. The predicted octanol–water partition coefficient (Wildman–Crippen LogP) is 3.01. The monoisotopic (exact) mass is 288 g/mol. The Hall–Kier alpha value is -1.17. The smallest absolute Gasteiger partial charge is 0.400 e. The van der Waals surface area contributed by atoms with E-state index in [4.69, 9.17) is 9.31 Å². The Balaban J connectivity index is 2.17. The largest absolute Gasteiger partial charge is 0.487 e. The molecular formula is C16H25BN2O2. The first-order valence-corrected chi connectivity index (χ1v) is 7.43. The molecule has 5 heteroatoms. The highest BCUT2D eigenvalue weighted by Gasteiger charge is 2.50. The van der Waals surface area contributed by atoms with Crippen LogP contribution in [0, 0.1) is 0 Å². The highest BCUT2D eigenvalue weighted by molar-refractivity contribution is 6.52. The van der Waals surface area contributed by atoms with Gasteiger partial charge in [0.1, 0.15) is 0 Å². The van der Waals surface area contributed by atoms with Gasteiger partial charge in [-0.3, -0.25) is 4.98 Å². The van der Waals surface area contributed by atoms with Gasteiger partial charge >= 0.3 is 7.12 Å². The minimum Gasteiger partial charge on any atom is -0.400 e. The van der Waals surface area contributed by atoms with E-state index < -0.39 is 0 Å². The van der Waals surface area contributed by atoms with Crippen molar-refractivity contribution < 1.29 is 9.31 Å². The summed E-state index contributed by atoms with van der Waals surface area (Å²) in [6.07, 6.45) is 3.84. The van der Waals surface area contributed by atoms with Crippen molar-refractivity contribution in [2.45, 2.75) is 51.9 Å². The van der Waals surface area contributed by atoms with Crippen molar-refractivity contribution in [1.82, 2.24) is 10.3 Å². The van der Waals surface area contributed by atoms with Gasteiger partial charge in [-0.25, -0.2) is 0 Å². The molecule has 0 saturated carbocycles. The third kappa shape index (κ3) is 3.36. The van der Waals surface area contributed by atoms with Crippen molar-refractivity contribution in [2.24, 2.45) is 0 Å². The van der Waals surface area contributed by atoms with Crippen molar-refractivity contribution in [3.05, 3.63) is 35.6 Å². The molecule has 2 rings (SSSR count). The fraction of sp³-hybridized carbons (Fsp3) is 0.562. The topological polar surface area (TPSA) is 43.4 Å². The normalized spacial score (nSPS) is 21.9. The highest BCUT2D eigenvalue weighted by Crippen LogP contribution is 2.37. The number of aromatic nitrogens is 1. The number of nitrogens with one attached hydrogen (secondary N) is 1. The lowest BCUT2D eigenvalue weighted by molar-refractivity contribution is 0.00578. The second kappa shape index (κ2) is 5.91. The molecule has 21 heavy (non-hydrogen) atoms. The number of rotatable bonds is 4. The van der Waals surface area contributed by atoms with Gasteiger partial charge in [-0.1, -0.05) is 18.1 Å². The summed E-state index contributed by atoms with van der Waals surface area (Å²) in [7, 11) is 1.61. The molecule has 0 unspecified atom stereocenters. The maximum atomic E-state index is 5.97. The third-order valence-electron chi connectivity index (χ3n) is 4.42. The van der Waals surface area contributed by atoms with E-state index in [-0.39, 0.29) is 24.4 Å². The SMILES string of the molecule is CN[C@@H](C)c1ncccc1/C=C/B1OC(C)(C)C(C)(C)O1. The van der Waals surface area contributed by atoms with Crippen LogP contribution in [-0.2, 0) is 9.31 Å². The molecule has 1 aromatic rings. The van der Waals surface area contributed by atoms with Crippen LogP contribution < -0.4 is 5.32 Å². The van der Waals surface area contributed by atoms with Crippen molar-refractivity contribution in [3.63, 3.8) is 0 Å². The van der Waals surface area contributed by atoms with Crippen LogP contribution in [0.25, 0.3) is 6.08 Å². The van der Waals surface area contributed by atoms with Gasteiger partial charge in [0.25, 0.3) is 0 Å². The Morgan fingerprint density at radius 3 is 2.43 bits per heavy atom. The van der Waals surface area contributed by atoms with Crippen molar-refractivity contribution in [1.29, 1.82) is 0 Å². The summed E-state index contributed by atoms with van der Waals surface area (Å²) >= 11 is 0. The molecule has 0 amide bonds. The number of hydrogen-bond acceptors (Lipinski definition) is 4. The van der Waals surface area contributed by atoms with Gasteiger partial charge in [-0.05, 0) is 53.3 Å². The molecule has 1 atom stereocenters. The van der Waals surface area contributed by atoms with Gasteiger partial charge < -0.3 is 14.6 Å². The maximum Gasteiger partial charge on any atom is 0.487 e. The molecule has 0 bridgehead atoms. The van der Waals surface area contributed by atoms with E-state index in [1.807, 2.05) is 31.4 Å². The number of hydrogen-bond donors (Lipinski definition) is 1. The molecule has 1 aromatic heterocycles. The van der Waals surface area contributed by atoms with Crippen LogP contribution in [0.5, 0.6) is 0 Å². The third-order valence-corrected chi connectivity index (χ3v) is 4.42. The highest BCUT2D eigenvalue weighted by atomic mass is 16.7. The van der Waals surface area contributed by atoms with Gasteiger partial charge in [0, 0.05) is 12.2 Å². The molecule has 1 aliphatic heterocycles. The fourth-order valence-corrected chi connectivity index (χ4v) is 2.22. The average Bonchev–Trinajstić information content (AvgIpc) is 2.64. The van der Waals surface area contributed by atoms with E-state index in [1.54, 1.807) is 0 Å². The molecule has 1 N–H and O–H groups in total. The quantitative estimate of drug-likeness (QED) is 0.865. The first-order chi connectivity index (χ1) is 9.77. The molecule has 1 saturated heterocycles. The van der Waals surface area contributed by atoms with Gasteiger partial charge in [-0.15, -0.1) is 0 Å². The van der Waals surface area contributed by atoms with Crippen molar-refractivity contribution >= 4 is 13.2 Å². The average molecular weight is 288 g/mol. The van der Waals surface area contributed by atoms with Crippen molar-refractivity contribution in [3.8, 4) is 0 Å². The molecular weight excluding hydrogens is 263 g/mol. The summed E-state index contributed by atoms with van der Waals surface area (Å²) in [6.45, 7) is 10.3. The van der Waals surface area contributed by atoms with E-state index in [1.165, 1.54) is 0 Å². The van der Waals surface area contributed by atoms with Crippen LogP contribution in [0.2, 0.25) is 0 Å². The second-order valence-electron chi connectivity index (χ2n) is 6.47. The summed E-state index contributed by atoms with van der Waals surface area (Å²) < 4.78 is 11.9. The lowest BCUT2D eigenvalue weighted by Crippen LogP contribution is -2.41. The lowest BCUT2D eigenvalue weighted by atomic mass is 9.88. The van der Waals surface area contributed by atoms with E-state index in [2.05, 4.69) is 51.0 Å². The first-order valence-electron chi connectivity index (χ1n) is 7.43. The zero-order valence-corrected chi connectivity index (χ0v) is 13.8. The zero-order chi connectivity index (χ0) is 15.7. The van der Waals surface area contributed by atoms with Gasteiger partial charge in [0.2, 0.25) is 0 Å². The van der Waals surface area contributed by atoms with E-state index in [0.29, 0.717) is 0 Å². The Kier molecular flexibility index (Phi) is 4.56. The predicted molar refractivity (Wildman–Crippen MR) is 86.8 cm³/mol. The van der Waals surface area contributed by atoms with Gasteiger partial charge in [-0.2, -0.15) is 0 Å². The molecule has 0 aliphatic carbocycles. The molecule has 1 fully saturated rings. The van der Waals surface area contributed by atoms with Crippen LogP contribution in [0.3, 0.4) is 0 Å². The van der Waals surface area contributed by atoms with Crippen LogP contribution in [-0.4, -0.2) is 30.4 Å². The summed E-state index contributed by atoms with van der Waals surface area (Å²) in [5.41, 5.74) is 1.48. The molecule has 1 aliphatic rings. The van der Waals surface area contributed by atoms with Crippen molar-refractivity contribution in [2.75, 3.05) is 7.05 Å². The summed E-state index contributed by atoms with van der Waals surface area (Å²) in [4.78, 5) is 4.46. The molecule has 0 spiro atoms. The molecule has 2 heterocycles. The Morgan fingerprint density at radius 1 is 1.24 bits per heavy atom. The van der Waals surface area contributed by atoms with Gasteiger partial charge in [0.05, 0.1) is 16.9 Å². The summed E-state index contributed by atoms with van der Waals surface area (Å²) in [5, 5.41) is 3.22. The number of nitrogens with zero attached hydrogens (tertiary/aromatic N) is 1. The molecule has 0 radical (unpaired) electrons. The van der Waals surface area contributed by atoms with Crippen LogP contribution in [0.15, 0.2) is 24.3 Å². The minimum atomic E-state index is -0.326. The second-order valence-corrected chi connectivity index (χ2v) is 6.47. The molecule has 0 aromatic carbocycles. The summed E-state index contributed by atoms with van der Waals surface area (Å²) in [5.74, 6) is 1.96. The maximum absolute atomic E-state index is 5.97. The Labute approximate surface area is 128 Å². The van der Waals surface area contributed by atoms with Crippen LogP contribution in [0.1, 0.15) is 51.9 Å². The Bertz CT molecular complexity index is 513. The fourth-order valence-electron chi connectivity index (χ4n) is 2.22. The minimum absolute atomic E-state index is 0.198. The molecule has 114 valence electrons. The van der Waals surface area contributed by atoms with Crippen LogP contribution >= 0.6 is 0 Å². The Morgan fingerprint density at radius 2 is 1.86 bits per heavy atom. The first kappa shape index (κ1) is 16.2. The van der Waals surface area contributed by atoms with Gasteiger partial charge in [0.15, 0.2) is 0 Å². The zero-order valence-electron chi connectivity index (χ0n) is 13.8. The molecule has 4 nitrogen and oxygen atoms in total. The lowest BCUT2D eigenvalue weighted by Gasteiger charge is -2.32. The van der Waals surface area contributed by atoms with E-state index in [0.717, 1.165) is 11.3 Å². The summed E-state index contributed by atoms with van der Waals surface area (Å²) in [6, 6.07) is 4.19. The van der Waals surface area contributed by atoms with Crippen LogP contribution in [0.4, 0.5) is 0 Å².